The van der Waals surface area contributed by atoms with Crippen molar-refractivity contribution in [3.05, 3.63) is 66.0 Å². The summed E-state index contributed by atoms with van der Waals surface area (Å²) in [5, 5.41) is 23.5. The van der Waals surface area contributed by atoms with Gasteiger partial charge in [0, 0.05) is 31.3 Å². The van der Waals surface area contributed by atoms with Gasteiger partial charge in [-0.3, -0.25) is 5.01 Å². The summed E-state index contributed by atoms with van der Waals surface area (Å²) < 4.78 is 1.74. The fraction of sp³-hybridized carbons (Fsp3) is 0.227. The number of hydrogen-bond acceptors (Lipinski definition) is 7. The maximum Gasteiger partial charge on any atom is 0.155 e. The Hall–Kier alpha value is -4.19. The lowest BCUT2D eigenvalue weighted by atomic mass is 10.0. The van der Waals surface area contributed by atoms with Crippen LogP contribution in [0.2, 0.25) is 0 Å². The zero-order valence-electron chi connectivity index (χ0n) is 17.2. The number of H-pyrrole nitrogens is 1. The number of nitriles is 1. The van der Waals surface area contributed by atoms with Gasteiger partial charge in [0.25, 0.3) is 0 Å². The van der Waals surface area contributed by atoms with Crippen molar-refractivity contribution in [1.29, 1.82) is 5.26 Å². The number of nitrogens with zero attached hydrogens (tertiary/aromatic N) is 7. The Morgan fingerprint density at radius 3 is 2.94 bits per heavy atom. The number of para-hydroxylation sites is 1. The lowest BCUT2D eigenvalue weighted by molar-refractivity contribution is 0.368. The van der Waals surface area contributed by atoms with Crippen LogP contribution in [-0.4, -0.2) is 48.9 Å². The highest BCUT2D eigenvalue weighted by Crippen LogP contribution is 2.27. The highest BCUT2D eigenvalue weighted by Gasteiger charge is 2.27. The second-order valence-electron chi connectivity index (χ2n) is 7.63. The van der Waals surface area contributed by atoms with Crippen LogP contribution in [0.4, 0.5) is 5.69 Å². The Balaban J connectivity index is 1.53. The summed E-state index contributed by atoms with van der Waals surface area (Å²) in [5.41, 5.74) is 5.79. The molecule has 1 atom stereocenters. The first kappa shape index (κ1) is 18.8. The van der Waals surface area contributed by atoms with Crippen molar-refractivity contribution in [2.45, 2.75) is 13.5 Å². The van der Waals surface area contributed by atoms with Crippen molar-refractivity contribution in [3.63, 3.8) is 0 Å². The van der Waals surface area contributed by atoms with E-state index in [0.717, 1.165) is 46.4 Å². The number of nitrogens with one attached hydrogen (secondary N) is 2. The van der Waals surface area contributed by atoms with Gasteiger partial charge in [-0.2, -0.15) is 15.5 Å². The maximum absolute atomic E-state index is 9.33. The van der Waals surface area contributed by atoms with Gasteiger partial charge in [0.05, 0.1) is 29.2 Å². The Morgan fingerprint density at radius 1 is 1.26 bits per heavy atom. The minimum absolute atomic E-state index is 0.266. The predicted octanol–water partition coefficient (Wildman–Crippen LogP) is 2.89. The van der Waals surface area contributed by atoms with E-state index in [9.17, 15) is 5.26 Å². The van der Waals surface area contributed by atoms with E-state index in [0.29, 0.717) is 12.1 Å². The fourth-order valence-electron chi connectivity index (χ4n) is 3.87. The van der Waals surface area contributed by atoms with Gasteiger partial charge in [0.15, 0.2) is 5.65 Å². The van der Waals surface area contributed by atoms with Gasteiger partial charge < -0.3 is 10.3 Å². The first-order chi connectivity index (χ1) is 15.1. The van der Waals surface area contributed by atoms with Crippen molar-refractivity contribution in [2.24, 2.45) is 11.0 Å². The van der Waals surface area contributed by atoms with Gasteiger partial charge in [-0.25, -0.2) is 14.5 Å². The first-order valence-corrected chi connectivity index (χ1v) is 10.0. The van der Waals surface area contributed by atoms with Crippen molar-refractivity contribution < 1.29 is 0 Å². The monoisotopic (exact) mass is 411 g/mol. The van der Waals surface area contributed by atoms with Crippen LogP contribution in [0.3, 0.4) is 0 Å². The van der Waals surface area contributed by atoms with E-state index in [2.05, 4.69) is 33.4 Å². The van der Waals surface area contributed by atoms with Crippen molar-refractivity contribution in [1.82, 2.24) is 29.6 Å². The Morgan fingerprint density at radius 2 is 2.13 bits per heavy atom. The molecule has 1 unspecified atom stereocenters. The van der Waals surface area contributed by atoms with Gasteiger partial charge in [-0.1, -0.05) is 19.1 Å². The highest BCUT2D eigenvalue weighted by atomic mass is 15.5. The van der Waals surface area contributed by atoms with Crippen molar-refractivity contribution in [2.75, 3.05) is 18.9 Å². The van der Waals surface area contributed by atoms with E-state index >= 15 is 0 Å². The number of aromatic nitrogens is 5. The Bertz CT molecular complexity index is 1320. The third-order valence-corrected chi connectivity index (χ3v) is 5.34. The molecule has 0 amide bonds. The molecule has 0 fully saturated rings. The van der Waals surface area contributed by atoms with E-state index in [4.69, 9.17) is 10.1 Å². The second-order valence-corrected chi connectivity index (χ2v) is 7.63. The molecule has 4 aromatic rings. The summed E-state index contributed by atoms with van der Waals surface area (Å²) >= 11 is 0. The molecule has 0 bridgehead atoms. The quantitative estimate of drug-likeness (QED) is 0.522. The van der Waals surface area contributed by atoms with Crippen LogP contribution in [0, 0.1) is 17.2 Å². The second kappa shape index (κ2) is 7.57. The van der Waals surface area contributed by atoms with Gasteiger partial charge in [0.2, 0.25) is 0 Å². The molecule has 154 valence electrons. The number of anilines is 1. The maximum atomic E-state index is 9.33. The standard InChI is InChI=1S/C22H21N9/c1-14-11-30(2)29-20(14)22-21(16-7-8-19-25-13-26-31(19)12-16)27-18(28-22)10-24-17-6-4-3-5-15(17)9-23/h3-8,12-14,24H,10-11H2,1-2H3,(H,27,28). The van der Waals surface area contributed by atoms with Gasteiger partial charge in [-0.15, -0.1) is 0 Å². The van der Waals surface area contributed by atoms with E-state index < -0.39 is 0 Å². The number of pyridine rings is 1. The lowest BCUT2D eigenvalue weighted by Gasteiger charge is -2.06. The van der Waals surface area contributed by atoms with Gasteiger partial charge in [-0.05, 0) is 24.3 Å². The number of imidazole rings is 1. The van der Waals surface area contributed by atoms with Gasteiger partial charge >= 0.3 is 0 Å². The minimum atomic E-state index is 0.266. The Labute approximate surface area is 179 Å². The average molecular weight is 411 g/mol. The van der Waals surface area contributed by atoms with Crippen molar-refractivity contribution >= 4 is 17.0 Å². The molecule has 0 saturated carbocycles. The molecule has 4 heterocycles. The molecule has 0 aliphatic carbocycles. The zero-order valence-corrected chi connectivity index (χ0v) is 17.2. The van der Waals surface area contributed by atoms with Crippen LogP contribution in [-0.2, 0) is 6.54 Å². The average Bonchev–Trinajstić information content (AvgIpc) is 3.49. The molecule has 1 aromatic carbocycles. The molecule has 0 saturated heterocycles. The van der Waals surface area contributed by atoms with E-state index in [-0.39, 0.29) is 5.92 Å². The summed E-state index contributed by atoms with van der Waals surface area (Å²) in [5.74, 6) is 1.03. The van der Waals surface area contributed by atoms with Crippen LogP contribution in [0.1, 0.15) is 24.0 Å². The topological polar surface area (TPSA) is 110 Å². The van der Waals surface area contributed by atoms with Crippen LogP contribution in [0.15, 0.2) is 54.0 Å². The molecule has 1 aliphatic heterocycles. The number of hydrogen-bond donors (Lipinski definition) is 2. The van der Waals surface area contributed by atoms with E-state index in [1.807, 2.05) is 48.6 Å². The molecule has 1 aliphatic rings. The summed E-state index contributed by atoms with van der Waals surface area (Å²) in [4.78, 5) is 12.6. The summed E-state index contributed by atoms with van der Waals surface area (Å²) in [6.45, 7) is 3.46. The largest absolute Gasteiger partial charge is 0.377 e. The summed E-state index contributed by atoms with van der Waals surface area (Å²) in [6, 6.07) is 13.6. The highest BCUT2D eigenvalue weighted by molar-refractivity contribution is 6.05. The van der Waals surface area contributed by atoms with E-state index in [1.165, 1.54) is 6.33 Å². The summed E-state index contributed by atoms with van der Waals surface area (Å²) in [7, 11) is 1.97. The summed E-state index contributed by atoms with van der Waals surface area (Å²) in [6.07, 6.45) is 3.47. The molecule has 0 radical (unpaired) electrons. The van der Waals surface area contributed by atoms with Crippen LogP contribution in [0.5, 0.6) is 0 Å². The molecule has 0 spiro atoms. The smallest absolute Gasteiger partial charge is 0.155 e. The van der Waals surface area contributed by atoms with E-state index in [1.54, 1.807) is 10.6 Å². The van der Waals surface area contributed by atoms with Crippen LogP contribution >= 0.6 is 0 Å². The van der Waals surface area contributed by atoms with Gasteiger partial charge in [0.1, 0.15) is 23.9 Å². The minimum Gasteiger partial charge on any atom is -0.377 e. The third-order valence-electron chi connectivity index (χ3n) is 5.34. The van der Waals surface area contributed by atoms with Crippen molar-refractivity contribution in [3.8, 4) is 17.3 Å². The first-order valence-electron chi connectivity index (χ1n) is 10.0. The van der Waals surface area contributed by atoms with Crippen LogP contribution in [0.25, 0.3) is 16.9 Å². The molecular weight excluding hydrogens is 390 g/mol. The molecule has 5 rings (SSSR count). The molecule has 9 nitrogen and oxygen atoms in total. The third kappa shape index (κ3) is 3.48. The normalized spacial score (nSPS) is 15.8. The number of benzene rings is 1. The molecule has 3 aromatic heterocycles. The Kier molecular flexibility index (Phi) is 4.59. The predicted molar refractivity (Wildman–Crippen MR) is 117 cm³/mol. The molecule has 2 N–H and O–H groups in total. The van der Waals surface area contributed by atoms with Crippen LogP contribution < -0.4 is 5.32 Å². The molecule has 9 heteroatoms. The SMILES string of the molecule is CC1CN(C)N=C1c1nc(CNc2ccccc2C#N)[nH]c1-c1ccc2ncnn2c1. The molecule has 31 heavy (non-hydrogen) atoms. The number of fused-ring (bicyclic) bond motifs is 1. The number of rotatable bonds is 5. The fourth-order valence-corrected chi connectivity index (χ4v) is 3.87. The zero-order chi connectivity index (χ0) is 21.4. The molecular formula is C22H21N9. The number of aromatic amines is 1. The number of hydrazone groups is 1. The lowest BCUT2D eigenvalue weighted by Crippen LogP contribution is -2.15.